The lowest BCUT2D eigenvalue weighted by Crippen LogP contribution is -2.68. The number of carbonyl (C=O) groups is 2. The van der Waals surface area contributed by atoms with Crippen molar-refractivity contribution in [3.8, 4) is 0 Å². The number of likely N-dealkylation sites (N-methyl/N-ethyl adjacent to an activating group) is 1. The third kappa shape index (κ3) is 1.12. The van der Waals surface area contributed by atoms with Crippen molar-refractivity contribution in [2.75, 3.05) is 7.05 Å². The van der Waals surface area contributed by atoms with Gasteiger partial charge < -0.3 is 21.1 Å². The van der Waals surface area contributed by atoms with E-state index >= 15 is 0 Å². The largest absolute Gasteiger partial charge is 0.423 e. The zero-order chi connectivity index (χ0) is 8.59. The van der Waals surface area contributed by atoms with Gasteiger partial charge in [-0.05, 0) is 0 Å². The van der Waals surface area contributed by atoms with Crippen LogP contribution in [0.1, 0.15) is 0 Å². The van der Waals surface area contributed by atoms with Gasteiger partial charge in [-0.2, -0.15) is 0 Å². The topological polar surface area (TPSA) is 98.7 Å². The number of hydrogen-bond donors (Lipinski definition) is 2. The summed E-state index contributed by atoms with van der Waals surface area (Å²) in [5.74, 6) is -0.253. The van der Waals surface area contributed by atoms with E-state index in [0.717, 1.165) is 0 Å². The molecule has 1 aliphatic heterocycles. The van der Waals surface area contributed by atoms with Gasteiger partial charge in [-0.1, -0.05) is 0 Å². The van der Waals surface area contributed by atoms with E-state index in [1.54, 1.807) is 0 Å². The lowest BCUT2D eigenvalue weighted by Gasteiger charge is -2.40. The number of likely N-dealkylation sites (tertiary alicyclic amines) is 1. The Morgan fingerprint density at radius 2 is 2.27 bits per heavy atom. The van der Waals surface area contributed by atoms with E-state index < -0.39 is 18.4 Å². The van der Waals surface area contributed by atoms with E-state index in [1.807, 2.05) is 0 Å². The normalized spacial score (nSPS) is 29.6. The van der Waals surface area contributed by atoms with Gasteiger partial charge >= 0.3 is 6.09 Å². The van der Waals surface area contributed by atoms with Crippen molar-refractivity contribution < 1.29 is 14.3 Å². The fourth-order valence-corrected chi connectivity index (χ4v) is 0.913. The summed E-state index contributed by atoms with van der Waals surface area (Å²) in [6, 6.07) is -0.757. The van der Waals surface area contributed by atoms with Crippen molar-refractivity contribution in [2.45, 2.75) is 12.3 Å². The van der Waals surface area contributed by atoms with Gasteiger partial charge in [0.1, 0.15) is 6.04 Å². The Morgan fingerprint density at radius 1 is 1.73 bits per heavy atom. The first-order valence-corrected chi connectivity index (χ1v) is 3.02. The molecule has 62 valence electrons. The van der Waals surface area contributed by atoms with Gasteiger partial charge in [0.2, 0.25) is 12.1 Å². The molecule has 0 aromatic rings. The first-order chi connectivity index (χ1) is 5.04. The summed E-state index contributed by atoms with van der Waals surface area (Å²) < 4.78 is 4.50. The van der Waals surface area contributed by atoms with E-state index in [9.17, 15) is 9.59 Å². The van der Waals surface area contributed by atoms with Crippen molar-refractivity contribution in [3.05, 3.63) is 0 Å². The first kappa shape index (κ1) is 7.80. The van der Waals surface area contributed by atoms with Crippen LogP contribution in [0.25, 0.3) is 0 Å². The van der Waals surface area contributed by atoms with Gasteiger partial charge in [0.25, 0.3) is 0 Å². The van der Waals surface area contributed by atoms with E-state index in [4.69, 9.17) is 11.5 Å². The van der Waals surface area contributed by atoms with Crippen molar-refractivity contribution >= 4 is 12.0 Å². The van der Waals surface area contributed by atoms with Crippen LogP contribution in [0.2, 0.25) is 0 Å². The predicted octanol–water partition coefficient (Wildman–Crippen LogP) is -1.79. The summed E-state index contributed by atoms with van der Waals surface area (Å²) in [6.45, 7) is 0. The predicted molar refractivity (Wildman–Crippen MR) is 35.2 cm³/mol. The molecule has 4 N–H and O–H groups in total. The number of rotatable bonds is 1. The fraction of sp³-hybridized carbons (Fsp3) is 0.600. The minimum atomic E-state index is -0.926. The van der Waals surface area contributed by atoms with Gasteiger partial charge in [0, 0.05) is 7.05 Å². The number of β-lactam (4-membered cyclic amide) rings is 1. The number of amides is 2. The second-order valence-corrected chi connectivity index (χ2v) is 2.30. The molecule has 6 heteroatoms. The van der Waals surface area contributed by atoms with Gasteiger partial charge in [-0.15, -0.1) is 0 Å². The van der Waals surface area contributed by atoms with E-state index in [0.29, 0.717) is 0 Å². The van der Waals surface area contributed by atoms with Crippen molar-refractivity contribution in [1.82, 2.24) is 4.90 Å². The summed E-state index contributed by atoms with van der Waals surface area (Å²) in [5.41, 5.74) is 10.00. The molecule has 0 bridgehead atoms. The van der Waals surface area contributed by atoms with Crippen molar-refractivity contribution in [3.63, 3.8) is 0 Å². The minimum absolute atomic E-state index is 0.253. The average Bonchev–Trinajstić information content (AvgIpc) is 1.98. The van der Waals surface area contributed by atoms with Crippen LogP contribution in [0.3, 0.4) is 0 Å². The lowest BCUT2D eigenvalue weighted by molar-refractivity contribution is -0.164. The number of nitrogens with zero attached hydrogens (tertiary/aromatic N) is 1. The highest BCUT2D eigenvalue weighted by molar-refractivity contribution is 5.89. The Balaban J connectivity index is 2.49. The van der Waals surface area contributed by atoms with E-state index in [2.05, 4.69) is 4.74 Å². The molecular formula is C5H9N3O3. The summed E-state index contributed by atoms with van der Waals surface area (Å²) in [6.07, 6.45) is -1.62. The molecule has 2 amide bonds. The van der Waals surface area contributed by atoms with Crippen LogP contribution in [0.4, 0.5) is 4.79 Å². The molecule has 0 aliphatic carbocycles. The number of hydrogen-bond acceptors (Lipinski definition) is 4. The van der Waals surface area contributed by atoms with Crippen LogP contribution >= 0.6 is 0 Å². The van der Waals surface area contributed by atoms with Crippen LogP contribution in [-0.4, -0.2) is 36.2 Å². The number of nitrogens with two attached hydrogens (primary N) is 2. The lowest BCUT2D eigenvalue weighted by atomic mass is 10.1. The van der Waals surface area contributed by atoms with Crippen molar-refractivity contribution in [1.29, 1.82) is 0 Å². The van der Waals surface area contributed by atoms with Gasteiger partial charge in [0.15, 0.2) is 0 Å². The van der Waals surface area contributed by atoms with Gasteiger partial charge in [0.05, 0.1) is 0 Å². The second-order valence-electron chi connectivity index (χ2n) is 2.30. The summed E-state index contributed by atoms with van der Waals surface area (Å²) >= 11 is 0. The zero-order valence-corrected chi connectivity index (χ0v) is 5.98. The third-order valence-corrected chi connectivity index (χ3v) is 1.56. The number of primary amides is 1. The average molecular weight is 159 g/mol. The number of carbonyl (C=O) groups excluding carboxylic acids is 2. The Labute approximate surface area is 63.1 Å². The molecule has 1 fully saturated rings. The molecule has 2 unspecified atom stereocenters. The highest BCUT2D eigenvalue weighted by Crippen LogP contribution is 2.16. The molecular weight excluding hydrogens is 150 g/mol. The van der Waals surface area contributed by atoms with E-state index in [1.165, 1.54) is 11.9 Å². The Hall–Kier alpha value is -1.30. The first-order valence-electron chi connectivity index (χ1n) is 3.02. The monoisotopic (exact) mass is 159 g/mol. The molecule has 0 radical (unpaired) electrons. The second kappa shape index (κ2) is 2.39. The Morgan fingerprint density at radius 3 is 2.64 bits per heavy atom. The van der Waals surface area contributed by atoms with Crippen LogP contribution in [0, 0.1) is 0 Å². The summed E-state index contributed by atoms with van der Waals surface area (Å²) in [5, 5.41) is 0. The smallest absolute Gasteiger partial charge is 0.406 e. The molecule has 1 rings (SSSR count). The van der Waals surface area contributed by atoms with E-state index in [-0.39, 0.29) is 5.91 Å². The van der Waals surface area contributed by atoms with Crippen LogP contribution in [0.15, 0.2) is 0 Å². The quantitative estimate of drug-likeness (QED) is 0.441. The van der Waals surface area contributed by atoms with Crippen LogP contribution < -0.4 is 11.5 Å². The standard InChI is InChI=1S/C5H9N3O3/c1-8-3(9)2(6)4(8)11-5(7)10/h2,4H,6H2,1H3,(H2,7,10). The van der Waals surface area contributed by atoms with Gasteiger partial charge in [-0.3, -0.25) is 4.79 Å². The highest BCUT2D eigenvalue weighted by atomic mass is 16.6. The fourth-order valence-electron chi connectivity index (χ4n) is 0.913. The molecule has 1 aliphatic rings. The molecule has 1 heterocycles. The molecule has 1 saturated heterocycles. The maximum absolute atomic E-state index is 10.7. The maximum atomic E-state index is 10.7. The Kier molecular flexibility index (Phi) is 1.69. The highest BCUT2D eigenvalue weighted by Gasteiger charge is 2.45. The summed E-state index contributed by atoms with van der Waals surface area (Å²) in [7, 11) is 1.49. The molecule has 11 heavy (non-hydrogen) atoms. The molecule has 2 atom stereocenters. The molecule has 6 nitrogen and oxygen atoms in total. The van der Waals surface area contributed by atoms with Crippen LogP contribution in [0.5, 0.6) is 0 Å². The molecule has 0 spiro atoms. The Bertz CT molecular complexity index is 193. The summed E-state index contributed by atoms with van der Waals surface area (Å²) in [4.78, 5) is 22.1. The molecule has 0 aromatic heterocycles. The third-order valence-electron chi connectivity index (χ3n) is 1.56. The molecule has 0 saturated carbocycles. The van der Waals surface area contributed by atoms with Crippen molar-refractivity contribution in [2.24, 2.45) is 11.5 Å². The zero-order valence-electron chi connectivity index (χ0n) is 5.98. The number of ether oxygens (including phenoxy) is 1. The SMILES string of the molecule is CN1C(=O)C(N)C1OC(N)=O. The van der Waals surface area contributed by atoms with Crippen LogP contribution in [-0.2, 0) is 9.53 Å². The maximum Gasteiger partial charge on any atom is 0.406 e. The minimum Gasteiger partial charge on any atom is -0.423 e. The van der Waals surface area contributed by atoms with Gasteiger partial charge in [-0.25, -0.2) is 4.79 Å². The molecule has 0 aromatic carbocycles.